The van der Waals surface area contributed by atoms with Crippen LogP contribution in [0.1, 0.15) is 42.6 Å². The molecule has 0 aliphatic carbocycles. The maximum Gasteiger partial charge on any atom is 0.335 e. The van der Waals surface area contributed by atoms with E-state index >= 15 is 0 Å². The Morgan fingerprint density at radius 2 is 1.85 bits per heavy atom. The summed E-state index contributed by atoms with van der Waals surface area (Å²) < 4.78 is 0. The first kappa shape index (κ1) is 16.7. The van der Waals surface area contributed by atoms with E-state index in [9.17, 15) is 9.90 Å². The van der Waals surface area contributed by atoms with Gasteiger partial charge in [0.25, 0.3) is 0 Å². The smallest absolute Gasteiger partial charge is 0.335 e. The third kappa shape index (κ3) is 4.62. The molecule has 0 amide bonds. The molecule has 0 spiro atoms. The Morgan fingerprint density at radius 1 is 1.25 bits per heavy atom. The number of benzene rings is 1. The minimum atomic E-state index is -0.887. The average molecular weight is 279 g/mol. The van der Waals surface area contributed by atoms with Crippen LogP contribution in [-0.2, 0) is 6.42 Å². The first-order valence-corrected chi connectivity index (χ1v) is 7.14. The van der Waals surface area contributed by atoms with Crippen LogP contribution in [0.15, 0.2) is 24.3 Å². The second-order valence-corrected chi connectivity index (χ2v) is 5.38. The molecule has 0 aliphatic rings. The van der Waals surface area contributed by atoms with E-state index in [1.54, 1.807) is 12.1 Å². The van der Waals surface area contributed by atoms with Crippen LogP contribution in [0.4, 0.5) is 0 Å². The Bertz CT molecular complexity index is 441. The number of carboxylic acids is 1. The molecule has 1 aromatic rings. The van der Waals surface area contributed by atoms with E-state index in [0.717, 1.165) is 24.9 Å². The molecule has 4 heteroatoms. The van der Waals surface area contributed by atoms with Gasteiger partial charge in [0.05, 0.1) is 11.2 Å². The number of carbonyl (C=O) groups is 1. The first-order chi connectivity index (χ1) is 9.41. The molecule has 0 radical (unpaired) electrons. The van der Waals surface area contributed by atoms with Gasteiger partial charge in [-0.1, -0.05) is 32.0 Å². The molecule has 112 valence electrons. The van der Waals surface area contributed by atoms with Gasteiger partial charge in [0.2, 0.25) is 0 Å². The summed E-state index contributed by atoms with van der Waals surface area (Å²) in [5, 5.41) is 19.4. The van der Waals surface area contributed by atoms with Crippen LogP contribution in [0, 0.1) is 0 Å². The van der Waals surface area contributed by atoms with Gasteiger partial charge < -0.3 is 15.1 Å². The lowest BCUT2D eigenvalue weighted by Gasteiger charge is -2.30. The summed E-state index contributed by atoms with van der Waals surface area (Å²) in [6.07, 6.45) is 2.11. The predicted molar refractivity (Wildman–Crippen MR) is 80.1 cm³/mol. The minimum Gasteiger partial charge on any atom is -0.478 e. The molecule has 0 fully saturated rings. The van der Waals surface area contributed by atoms with Crippen LogP contribution in [0.3, 0.4) is 0 Å². The van der Waals surface area contributed by atoms with Gasteiger partial charge >= 0.3 is 5.97 Å². The molecule has 0 aliphatic heterocycles. The molecule has 0 heterocycles. The maximum absolute atomic E-state index is 11.1. The van der Waals surface area contributed by atoms with E-state index in [2.05, 4.69) is 4.90 Å². The molecular weight excluding hydrogens is 254 g/mol. The molecular formula is C16H25NO3. The Balaban J connectivity index is 2.61. The van der Waals surface area contributed by atoms with Crippen molar-refractivity contribution in [1.29, 1.82) is 0 Å². The van der Waals surface area contributed by atoms with Crippen LogP contribution >= 0.6 is 0 Å². The normalized spacial score (nSPS) is 11.8. The zero-order valence-corrected chi connectivity index (χ0v) is 12.6. The largest absolute Gasteiger partial charge is 0.478 e. The minimum absolute atomic E-state index is 0.363. The van der Waals surface area contributed by atoms with Crippen LogP contribution < -0.4 is 0 Å². The lowest BCUT2D eigenvalue weighted by Crippen LogP contribution is -2.41. The van der Waals surface area contributed by atoms with Crippen molar-refractivity contribution in [2.75, 3.05) is 20.1 Å². The van der Waals surface area contributed by atoms with Gasteiger partial charge in [0.1, 0.15) is 0 Å². The Labute approximate surface area is 121 Å². The van der Waals surface area contributed by atoms with Crippen molar-refractivity contribution in [3.05, 3.63) is 35.4 Å². The van der Waals surface area contributed by atoms with Crippen molar-refractivity contribution in [2.24, 2.45) is 0 Å². The van der Waals surface area contributed by atoms with Gasteiger partial charge in [-0.25, -0.2) is 4.79 Å². The summed E-state index contributed by atoms with van der Waals surface area (Å²) in [5.41, 5.74) is 0.548. The molecule has 0 bridgehead atoms. The van der Waals surface area contributed by atoms with Gasteiger partial charge in [0, 0.05) is 13.1 Å². The van der Waals surface area contributed by atoms with Gasteiger partial charge in [0.15, 0.2) is 0 Å². The third-order valence-corrected chi connectivity index (χ3v) is 3.89. The average Bonchev–Trinajstić information content (AvgIpc) is 2.45. The highest BCUT2D eigenvalue weighted by Crippen LogP contribution is 2.16. The van der Waals surface area contributed by atoms with E-state index in [1.807, 2.05) is 33.0 Å². The van der Waals surface area contributed by atoms with Crippen LogP contribution in [0.2, 0.25) is 0 Å². The second-order valence-electron chi connectivity index (χ2n) is 5.38. The standard InChI is InChI=1S/C16H25NO3/c1-4-16(20,5-2)12-17(3)11-10-13-8-6-7-9-14(13)15(18)19/h6-9,20H,4-5,10-12H2,1-3H3,(H,18,19). The summed E-state index contributed by atoms with van der Waals surface area (Å²) >= 11 is 0. The SMILES string of the molecule is CCC(O)(CC)CN(C)CCc1ccccc1C(=O)O. The number of hydrogen-bond donors (Lipinski definition) is 2. The number of aromatic carboxylic acids is 1. The fourth-order valence-electron chi connectivity index (χ4n) is 2.31. The highest BCUT2D eigenvalue weighted by Gasteiger charge is 2.23. The quantitative estimate of drug-likeness (QED) is 0.767. The molecule has 1 rings (SSSR count). The van der Waals surface area contributed by atoms with E-state index in [4.69, 9.17) is 5.11 Å². The summed E-state index contributed by atoms with van der Waals surface area (Å²) in [4.78, 5) is 13.2. The van der Waals surface area contributed by atoms with Gasteiger partial charge in [-0.15, -0.1) is 0 Å². The van der Waals surface area contributed by atoms with Crippen LogP contribution in [0.25, 0.3) is 0 Å². The molecule has 0 atom stereocenters. The number of likely N-dealkylation sites (N-methyl/N-ethyl adjacent to an activating group) is 1. The summed E-state index contributed by atoms with van der Waals surface area (Å²) in [5.74, 6) is -0.887. The van der Waals surface area contributed by atoms with Crippen LogP contribution in [-0.4, -0.2) is 46.8 Å². The summed E-state index contributed by atoms with van der Waals surface area (Å²) in [6.45, 7) is 5.30. The van der Waals surface area contributed by atoms with Gasteiger partial charge in [-0.3, -0.25) is 0 Å². The third-order valence-electron chi connectivity index (χ3n) is 3.89. The van der Waals surface area contributed by atoms with E-state index in [1.165, 1.54) is 0 Å². The predicted octanol–water partition coefficient (Wildman–Crippen LogP) is 2.41. The van der Waals surface area contributed by atoms with E-state index in [0.29, 0.717) is 18.5 Å². The maximum atomic E-state index is 11.1. The zero-order chi connectivity index (χ0) is 15.2. The van der Waals surface area contributed by atoms with Gasteiger partial charge in [-0.05, 0) is 37.9 Å². The number of nitrogens with zero attached hydrogens (tertiary/aromatic N) is 1. The number of hydrogen-bond acceptors (Lipinski definition) is 3. The summed E-state index contributed by atoms with van der Waals surface area (Å²) in [6, 6.07) is 7.08. The van der Waals surface area contributed by atoms with Gasteiger partial charge in [-0.2, -0.15) is 0 Å². The molecule has 0 aromatic heterocycles. The topological polar surface area (TPSA) is 60.8 Å². The Hall–Kier alpha value is -1.39. The van der Waals surface area contributed by atoms with E-state index in [-0.39, 0.29) is 0 Å². The molecule has 2 N–H and O–H groups in total. The number of carboxylic acid groups (broad SMARTS) is 1. The van der Waals surface area contributed by atoms with Crippen molar-refractivity contribution in [3.8, 4) is 0 Å². The fraction of sp³-hybridized carbons (Fsp3) is 0.562. The summed E-state index contributed by atoms with van der Waals surface area (Å²) in [7, 11) is 1.96. The Kier molecular flexibility index (Phi) is 6.17. The molecule has 0 saturated carbocycles. The second kappa shape index (κ2) is 7.41. The number of rotatable bonds is 8. The molecule has 20 heavy (non-hydrogen) atoms. The van der Waals surface area contributed by atoms with Crippen molar-refractivity contribution < 1.29 is 15.0 Å². The number of aliphatic hydroxyl groups is 1. The monoisotopic (exact) mass is 279 g/mol. The molecule has 0 saturated heterocycles. The fourth-order valence-corrected chi connectivity index (χ4v) is 2.31. The molecule has 4 nitrogen and oxygen atoms in total. The van der Waals surface area contributed by atoms with Crippen molar-refractivity contribution >= 4 is 5.97 Å². The van der Waals surface area contributed by atoms with Crippen LogP contribution in [0.5, 0.6) is 0 Å². The van der Waals surface area contributed by atoms with Crippen molar-refractivity contribution in [3.63, 3.8) is 0 Å². The zero-order valence-electron chi connectivity index (χ0n) is 12.6. The first-order valence-electron chi connectivity index (χ1n) is 7.14. The molecule has 1 aromatic carbocycles. The van der Waals surface area contributed by atoms with E-state index < -0.39 is 11.6 Å². The lowest BCUT2D eigenvalue weighted by molar-refractivity contribution is 0.00331. The Morgan fingerprint density at radius 3 is 2.40 bits per heavy atom. The highest BCUT2D eigenvalue weighted by molar-refractivity contribution is 5.89. The van der Waals surface area contributed by atoms with Crippen molar-refractivity contribution in [2.45, 2.75) is 38.7 Å². The lowest BCUT2D eigenvalue weighted by atomic mass is 9.96. The van der Waals surface area contributed by atoms with Crippen molar-refractivity contribution in [1.82, 2.24) is 4.90 Å². The molecule has 0 unspecified atom stereocenters. The highest BCUT2D eigenvalue weighted by atomic mass is 16.4.